The van der Waals surface area contributed by atoms with Crippen LogP contribution in [0, 0.1) is 0 Å². The van der Waals surface area contributed by atoms with Crippen molar-refractivity contribution in [2.75, 3.05) is 13.6 Å². The molecule has 0 bridgehead atoms. The van der Waals surface area contributed by atoms with Gasteiger partial charge in [-0.15, -0.1) is 0 Å². The summed E-state index contributed by atoms with van der Waals surface area (Å²) in [5, 5.41) is 9.94. The van der Waals surface area contributed by atoms with Crippen molar-refractivity contribution < 1.29 is 9.90 Å². The molecule has 1 heterocycles. The van der Waals surface area contributed by atoms with Crippen molar-refractivity contribution in [3.8, 4) is 0 Å². The summed E-state index contributed by atoms with van der Waals surface area (Å²) in [6, 6.07) is 0. The molecule has 7 heteroatoms. The van der Waals surface area contributed by atoms with E-state index in [1.54, 1.807) is 20.9 Å². The minimum atomic E-state index is -1.01. The summed E-state index contributed by atoms with van der Waals surface area (Å²) < 4.78 is 0. The second-order valence-corrected chi connectivity index (χ2v) is 5.72. The summed E-state index contributed by atoms with van der Waals surface area (Å²) in [4.78, 5) is 17.3. The van der Waals surface area contributed by atoms with Crippen molar-refractivity contribution in [2.24, 2.45) is 0 Å². The Balaban J connectivity index is 3.02. The van der Waals surface area contributed by atoms with Gasteiger partial charge in [-0.05, 0) is 13.8 Å². The Bertz CT molecular complexity index is 472. The van der Waals surface area contributed by atoms with Gasteiger partial charge in [0.1, 0.15) is 5.69 Å². The van der Waals surface area contributed by atoms with Crippen LogP contribution in [0.4, 0.5) is 0 Å². The third-order valence-electron chi connectivity index (χ3n) is 2.09. The van der Waals surface area contributed by atoms with Gasteiger partial charge in [0.15, 0.2) is 0 Å². The number of aromatic nitrogens is 1. The van der Waals surface area contributed by atoms with E-state index in [0.717, 1.165) is 0 Å². The summed E-state index contributed by atoms with van der Waals surface area (Å²) in [6.07, 6.45) is 1.26. The second kappa shape index (κ2) is 5.61. The van der Waals surface area contributed by atoms with E-state index in [-0.39, 0.29) is 27.3 Å². The highest BCUT2D eigenvalue weighted by Crippen LogP contribution is 2.31. The standard InChI is InChI=1S/C11H13Cl3N2O2/c1-11(2,18)5-16(3)10(17)9-8(14)7(13)6(12)4-15-9/h4,18H,5H2,1-3H3. The lowest BCUT2D eigenvalue weighted by molar-refractivity contribution is 0.0365. The first-order chi connectivity index (χ1) is 8.13. The SMILES string of the molecule is CN(CC(C)(C)O)C(=O)c1ncc(Cl)c(Cl)c1Cl. The number of carbonyl (C=O) groups is 1. The van der Waals surface area contributed by atoms with Crippen molar-refractivity contribution in [3.05, 3.63) is 27.0 Å². The predicted octanol–water partition coefficient (Wildman–Crippen LogP) is 2.88. The first-order valence-corrected chi connectivity index (χ1v) is 6.24. The van der Waals surface area contributed by atoms with E-state index in [9.17, 15) is 9.90 Å². The highest BCUT2D eigenvalue weighted by Gasteiger charge is 2.24. The number of aliphatic hydroxyl groups is 1. The highest BCUT2D eigenvalue weighted by molar-refractivity contribution is 6.48. The molecule has 1 aromatic heterocycles. The molecule has 0 aliphatic carbocycles. The van der Waals surface area contributed by atoms with Gasteiger partial charge in [0.25, 0.3) is 5.91 Å². The molecule has 0 aliphatic rings. The van der Waals surface area contributed by atoms with Crippen LogP contribution in [0.1, 0.15) is 24.3 Å². The predicted molar refractivity (Wildman–Crippen MR) is 72.5 cm³/mol. The lowest BCUT2D eigenvalue weighted by atomic mass is 10.1. The minimum Gasteiger partial charge on any atom is -0.389 e. The van der Waals surface area contributed by atoms with E-state index in [0.29, 0.717) is 0 Å². The van der Waals surface area contributed by atoms with E-state index < -0.39 is 11.5 Å². The Morgan fingerprint density at radius 2 is 1.94 bits per heavy atom. The minimum absolute atomic E-state index is 0.0109. The van der Waals surface area contributed by atoms with Gasteiger partial charge < -0.3 is 10.0 Å². The molecule has 0 spiro atoms. The topological polar surface area (TPSA) is 53.4 Å². The fourth-order valence-corrected chi connectivity index (χ4v) is 1.99. The van der Waals surface area contributed by atoms with E-state index >= 15 is 0 Å². The van der Waals surface area contributed by atoms with Gasteiger partial charge in [-0.3, -0.25) is 4.79 Å². The number of halogens is 3. The molecule has 0 unspecified atom stereocenters. The lowest BCUT2D eigenvalue weighted by Crippen LogP contribution is -2.40. The van der Waals surface area contributed by atoms with Crippen LogP contribution < -0.4 is 0 Å². The Morgan fingerprint density at radius 1 is 1.39 bits per heavy atom. The van der Waals surface area contributed by atoms with E-state index in [2.05, 4.69) is 4.98 Å². The molecule has 4 nitrogen and oxygen atoms in total. The van der Waals surface area contributed by atoms with Crippen LogP contribution in [-0.2, 0) is 0 Å². The van der Waals surface area contributed by atoms with Crippen LogP contribution in [0.5, 0.6) is 0 Å². The van der Waals surface area contributed by atoms with E-state index in [1.807, 2.05) is 0 Å². The molecule has 0 saturated carbocycles. The molecular weight excluding hydrogens is 298 g/mol. The summed E-state index contributed by atoms with van der Waals surface area (Å²) in [5.74, 6) is -0.430. The monoisotopic (exact) mass is 310 g/mol. The molecule has 1 N–H and O–H groups in total. The van der Waals surface area contributed by atoms with Crippen LogP contribution >= 0.6 is 34.8 Å². The van der Waals surface area contributed by atoms with Crippen LogP contribution in [0.3, 0.4) is 0 Å². The Labute approximate surface area is 120 Å². The van der Waals surface area contributed by atoms with Crippen molar-refractivity contribution >= 4 is 40.7 Å². The zero-order valence-corrected chi connectivity index (χ0v) is 12.4. The molecular formula is C11H13Cl3N2O2. The summed E-state index contributed by atoms with van der Waals surface area (Å²) >= 11 is 17.5. The normalized spacial score (nSPS) is 11.5. The average Bonchev–Trinajstić information content (AvgIpc) is 2.23. The Hall–Kier alpha value is -0.550. The van der Waals surface area contributed by atoms with Crippen molar-refractivity contribution in [3.63, 3.8) is 0 Å². The number of amides is 1. The molecule has 0 fully saturated rings. The van der Waals surface area contributed by atoms with Gasteiger partial charge in [-0.1, -0.05) is 34.8 Å². The van der Waals surface area contributed by atoms with Gasteiger partial charge in [0, 0.05) is 19.8 Å². The fraction of sp³-hybridized carbons (Fsp3) is 0.455. The smallest absolute Gasteiger partial charge is 0.273 e. The van der Waals surface area contributed by atoms with Gasteiger partial charge in [-0.2, -0.15) is 0 Å². The molecule has 0 radical (unpaired) electrons. The molecule has 0 atom stereocenters. The van der Waals surface area contributed by atoms with Crippen LogP contribution in [0.25, 0.3) is 0 Å². The second-order valence-electron chi connectivity index (χ2n) is 4.56. The van der Waals surface area contributed by atoms with Crippen LogP contribution in [-0.4, -0.2) is 40.1 Å². The molecule has 1 amide bonds. The molecule has 1 rings (SSSR count). The van der Waals surface area contributed by atoms with E-state index in [1.165, 1.54) is 11.1 Å². The summed E-state index contributed by atoms with van der Waals surface area (Å²) in [5.41, 5.74) is -0.995. The van der Waals surface area contributed by atoms with Gasteiger partial charge in [0.2, 0.25) is 0 Å². The Kier molecular flexibility index (Phi) is 4.84. The number of hydrogen-bond acceptors (Lipinski definition) is 3. The number of pyridine rings is 1. The van der Waals surface area contributed by atoms with Crippen molar-refractivity contribution in [1.82, 2.24) is 9.88 Å². The zero-order valence-electron chi connectivity index (χ0n) is 10.2. The quantitative estimate of drug-likeness (QED) is 0.934. The summed E-state index contributed by atoms with van der Waals surface area (Å²) in [6.45, 7) is 3.34. The molecule has 0 saturated heterocycles. The zero-order chi connectivity index (χ0) is 14.1. The average molecular weight is 312 g/mol. The van der Waals surface area contributed by atoms with Gasteiger partial charge in [0.05, 0.1) is 20.7 Å². The molecule has 1 aromatic rings. The van der Waals surface area contributed by atoms with Crippen molar-refractivity contribution in [2.45, 2.75) is 19.4 Å². The number of nitrogens with zero attached hydrogens (tertiary/aromatic N) is 2. The lowest BCUT2D eigenvalue weighted by Gasteiger charge is -2.25. The first-order valence-electron chi connectivity index (χ1n) is 5.11. The number of hydrogen-bond donors (Lipinski definition) is 1. The highest BCUT2D eigenvalue weighted by atomic mass is 35.5. The number of rotatable bonds is 3. The maximum Gasteiger partial charge on any atom is 0.273 e. The van der Waals surface area contributed by atoms with Crippen LogP contribution in [0.15, 0.2) is 6.20 Å². The number of likely N-dealkylation sites (N-methyl/N-ethyl adjacent to an activating group) is 1. The summed E-state index contributed by atoms with van der Waals surface area (Å²) in [7, 11) is 1.54. The maximum atomic E-state index is 12.1. The third kappa shape index (κ3) is 3.72. The maximum absolute atomic E-state index is 12.1. The molecule has 0 aromatic carbocycles. The van der Waals surface area contributed by atoms with Crippen LogP contribution in [0.2, 0.25) is 15.1 Å². The van der Waals surface area contributed by atoms with Gasteiger partial charge >= 0.3 is 0 Å². The molecule has 18 heavy (non-hydrogen) atoms. The third-order valence-corrected chi connectivity index (χ3v) is 3.33. The fourth-order valence-electron chi connectivity index (χ4n) is 1.43. The largest absolute Gasteiger partial charge is 0.389 e. The number of carbonyl (C=O) groups excluding carboxylic acids is 1. The van der Waals surface area contributed by atoms with Gasteiger partial charge in [-0.25, -0.2) is 4.98 Å². The molecule has 0 aliphatic heterocycles. The Morgan fingerprint density at radius 3 is 2.44 bits per heavy atom. The first kappa shape index (κ1) is 15.5. The van der Waals surface area contributed by atoms with E-state index in [4.69, 9.17) is 34.8 Å². The molecule has 100 valence electrons. The van der Waals surface area contributed by atoms with Crippen molar-refractivity contribution in [1.29, 1.82) is 0 Å².